The highest BCUT2D eigenvalue weighted by atomic mass is 19.1. The van der Waals surface area contributed by atoms with Gasteiger partial charge in [0.25, 0.3) is 0 Å². The summed E-state index contributed by atoms with van der Waals surface area (Å²) in [6, 6.07) is 7.36. The van der Waals surface area contributed by atoms with E-state index in [1.165, 1.54) is 22.9 Å². The Morgan fingerprint density at radius 1 is 1.47 bits per heavy atom. The first-order valence-corrected chi connectivity index (χ1v) is 4.89. The van der Waals surface area contributed by atoms with Crippen molar-refractivity contribution in [2.75, 3.05) is 12.4 Å². The number of hydrogen-bond acceptors (Lipinski definition) is 3. The molecule has 88 valence electrons. The maximum Gasteiger partial charge on any atom is 0.356 e. The van der Waals surface area contributed by atoms with Crippen LogP contribution in [0.2, 0.25) is 0 Å². The molecule has 0 atom stereocenters. The Kier molecular flexibility index (Phi) is 2.78. The summed E-state index contributed by atoms with van der Waals surface area (Å²) in [6.45, 7) is 0. The number of aromatic carboxylic acids is 1. The predicted molar refractivity (Wildman–Crippen MR) is 60.0 cm³/mol. The van der Waals surface area contributed by atoms with Gasteiger partial charge in [-0.15, -0.1) is 0 Å². The Labute approximate surface area is 96.5 Å². The van der Waals surface area contributed by atoms with Crippen molar-refractivity contribution in [1.82, 2.24) is 9.78 Å². The van der Waals surface area contributed by atoms with Crippen LogP contribution in [0, 0.1) is 5.82 Å². The van der Waals surface area contributed by atoms with Crippen molar-refractivity contribution in [2.24, 2.45) is 0 Å². The fourth-order valence-electron chi connectivity index (χ4n) is 1.47. The zero-order chi connectivity index (χ0) is 12.4. The fraction of sp³-hybridized carbons (Fsp3) is 0.0909. The number of carboxylic acids is 1. The predicted octanol–water partition coefficient (Wildman–Crippen LogP) is 1.75. The van der Waals surface area contributed by atoms with Gasteiger partial charge < -0.3 is 10.4 Å². The van der Waals surface area contributed by atoms with Gasteiger partial charge in [-0.2, -0.15) is 5.10 Å². The molecule has 0 aliphatic rings. The van der Waals surface area contributed by atoms with Crippen LogP contribution in [-0.2, 0) is 0 Å². The van der Waals surface area contributed by atoms with E-state index in [9.17, 15) is 9.18 Å². The monoisotopic (exact) mass is 235 g/mol. The lowest BCUT2D eigenvalue weighted by Crippen LogP contribution is -2.05. The Morgan fingerprint density at radius 2 is 2.18 bits per heavy atom. The SMILES string of the molecule is CNc1cc(C(=O)O)nn1-c1ccccc1F. The Hall–Kier alpha value is -2.37. The maximum absolute atomic E-state index is 13.6. The second-order valence-electron chi connectivity index (χ2n) is 3.33. The topological polar surface area (TPSA) is 67.2 Å². The largest absolute Gasteiger partial charge is 0.476 e. The molecule has 5 nitrogen and oxygen atoms in total. The van der Waals surface area contributed by atoms with Gasteiger partial charge in [0.1, 0.15) is 17.3 Å². The van der Waals surface area contributed by atoms with Crippen LogP contribution in [0.4, 0.5) is 10.2 Å². The first-order chi connectivity index (χ1) is 8.13. The van der Waals surface area contributed by atoms with Crippen LogP contribution in [0.15, 0.2) is 30.3 Å². The number of carbonyl (C=O) groups is 1. The van der Waals surface area contributed by atoms with Gasteiger partial charge >= 0.3 is 5.97 Å². The van der Waals surface area contributed by atoms with E-state index in [-0.39, 0.29) is 11.4 Å². The van der Waals surface area contributed by atoms with Crippen molar-refractivity contribution in [1.29, 1.82) is 0 Å². The van der Waals surface area contributed by atoms with Crippen LogP contribution in [0.3, 0.4) is 0 Å². The summed E-state index contributed by atoms with van der Waals surface area (Å²) in [4.78, 5) is 10.8. The summed E-state index contributed by atoms with van der Waals surface area (Å²) >= 11 is 0. The van der Waals surface area contributed by atoms with E-state index in [0.717, 1.165) is 0 Å². The Morgan fingerprint density at radius 3 is 2.76 bits per heavy atom. The number of nitrogens with one attached hydrogen (secondary N) is 1. The van der Waals surface area contributed by atoms with Crippen LogP contribution < -0.4 is 5.32 Å². The lowest BCUT2D eigenvalue weighted by atomic mass is 10.3. The Balaban J connectivity index is 2.59. The summed E-state index contributed by atoms with van der Waals surface area (Å²) in [5.41, 5.74) is 0.0574. The molecule has 2 rings (SSSR count). The van der Waals surface area contributed by atoms with Crippen LogP contribution in [0.1, 0.15) is 10.5 Å². The molecule has 2 aromatic rings. The summed E-state index contributed by atoms with van der Waals surface area (Å²) in [7, 11) is 1.61. The molecule has 0 spiro atoms. The number of hydrogen-bond donors (Lipinski definition) is 2. The second-order valence-corrected chi connectivity index (χ2v) is 3.33. The van der Waals surface area contributed by atoms with Crippen LogP contribution in [0.5, 0.6) is 0 Å². The maximum atomic E-state index is 13.6. The standard InChI is InChI=1S/C11H10FN3O2/c1-13-10-6-8(11(16)17)14-15(10)9-5-3-2-4-7(9)12/h2-6,13H,1H3,(H,16,17). The quantitative estimate of drug-likeness (QED) is 0.850. The molecule has 1 aromatic heterocycles. The van der Waals surface area contributed by atoms with Gasteiger partial charge in [-0.25, -0.2) is 13.9 Å². The number of rotatable bonds is 3. The first kappa shape index (κ1) is 11.1. The molecule has 0 amide bonds. The third-order valence-corrected chi connectivity index (χ3v) is 2.27. The van der Waals surface area contributed by atoms with Gasteiger partial charge in [0.15, 0.2) is 5.69 Å². The lowest BCUT2D eigenvalue weighted by Gasteiger charge is -2.06. The van der Waals surface area contributed by atoms with Crippen molar-refractivity contribution in [3.63, 3.8) is 0 Å². The number of benzene rings is 1. The van der Waals surface area contributed by atoms with Crippen LogP contribution >= 0.6 is 0 Å². The van der Waals surface area contributed by atoms with E-state index in [1.54, 1.807) is 19.2 Å². The molecular formula is C11H10FN3O2. The molecule has 0 saturated heterocycles. The molecule has 0 aliphatic carbocycles. The number of aromatic nitrogens is 2. The van der Waals surface area contributed by atoms with Gasteiger partial charge in [-0.05, 0) is 12.1 Å². The summed E-state index contributed by atoms with van der Waals surface area (Å²) in [5.74, 6) is -1.21. The molecule has 1 aromatic carbocycles. The molecular weight excluding hydrogens is 225 g/mol. The fourth-order valence-corrected chi connectivity index (χ4v) is 1.47. The number of halogens is 1. The van der Waals surface area contributed by atoms with E-state index in [4.69, 9.17) is 5.11 Å². The average molecular weight is 235 g/mol. The zero-order valence-electron chi connectivity index (χ0n) is 9.01. The van der Waals surface area contributed by atoms with Gasteiger partial charge in [0, 0.05) is 13.1 Å². The third kappa shape index (κ3) is 1.96. The molecule has 2 N–H and O–H groups in total. The molecule has 0 saturated carbocycles. The molecule has 0 bridgehead atoms. The summed E-state index contributed by atoms with van der Waals surface area (Å²) in [5, 5.41) is 15.4. The normalized spacial score (nSPS) is 10.2. The smallest absolute Gasteiger partial charge is 0.356 e. The van der Waals surface area contributed by atoms with Gasteiger partial charge in [0.05, 0.1) is 0 Å². The van der Waals surface area contributed by atoms with E-state index >= 15 is 0 Å². The molecule has 6 heteroatoms. The molecule has 0 fully saturated rings. The minimum absolute atomic E-state index is 0.141. The average Bonchev–Trinajstić information content (AvgIpc) is 2.73. The zero-order valence-corrected chi connectivity index (χ0v) is 9.01. The van der Waals surface area contributed by atoms with Crippen molar-refractivity contribution in [2.45, 2.75) is 0 Å². The second kappa shape index (κ2) is 4.25. The van der Waals surface area contributed by atoms with Crippen molar-refractivity contribution < 1.29 is 14.3 Å². The van der Waals surface area contributed by atoms with Crippen molar-refractivity contribution in [3.05, 3.63) is 41.8 Å². The summed E-state index contributed by atoms with van der Waals surface area (Å²) < 4.78 is 14.8. The minimum atomic E-state index is -1.16. The first-order valence-electron chi connectivity index (χ1n) is 4.89. The van der Waals surface area contributed by atoms with Gasteiger partial charge in [0.2, 0.25) is 0 Å². The van der Waals surface area contributed by atoms with E-state index in [1.807, 2.05) is 0 Å². The minimum Gasteiger partial charge on any atom is -0.476 e. The molecule has 0 radical (unpaired) electrons. The molecule has 0 unspecified atom stereocenters. The van der Waals surface area contributed by atoms with E-state index in [0.29, 0.717) is 5.82 Å². The van der Waals surface area contributed by atoms with E-state index < -0.39 is 11.8 Å². The number of anilines is 1. The van der Waals surface area contributed by atoms with E-state index in [2.05, 4.69) is 10.4 Å². The Bertz CT molecular complexity index is 566. The summed E-state index contributed by atoms with van der Waals surface area (Å²) in [6.07, 6.45) is 0. The van der Waals surface area contributed by atoms with Crippen LogP contribution in [0.25, 0.3) is 5.69 Å². The van der Waals surface area contributed by atoms with Gasteiger partial charge in [-0.1, -0.05) is 12.1 Å². The number of carboxylic acid groups (broad SMARTS) is 1. The number of para-hydroxylation sites is 1. The number of nitrogens with zero attached hydrogens (tertiary/aromatic N) is 2. The highest BCUT2D eigenvalue weighted by Crippen LogP contribution is 2.19. The van der Waals surface area contributed by atoms with Gasteiger partial charge in [-0.3, -0.25) is 0 Å². The molecule has 17 heavy (non-hydrogen) atoms. The highest BCUT2D eigenvalue weighted by Gasteiger charge is 2.15. The van der Waals surface area contributed by atoms with Crippen molar-refractivity contribution >= 4 is 11.8 Å². The third-order valence-electron chi connectivity index (χ3n) is 2.27. The van der Waals surface area contributed by atoms with Crippen molar-refractivity contribution in [3.8, 4) is 5.69 Å². The molecule has 1 heterocycles. The lowest BCUT2D eigenvalue weighted by molar-refractivity contribution is 0.0690. The van der Waals surface area contributed by atoms with Crippen LogP contribution in [-0.4, -0.2) is 27.9 Å². The highest BCUT2D eigenvalue weighted by molar-refractivity contribution is 5.86. The molecule has 0 aliphatic heterocycles.